The average molecular weight is 328 g/mol. The van der Waals surface area contributed by atoms with Crippen molar-refractivity contribution in [1.29, 1.82) is 0 Å². The Bertz CT molecular complexity index is 671. The molecule has 1 atom stereocenters. The molecule has 0 aliphatic rings. The Hall–Kier alpha value is -2.69. The van der Waals surface area contributed by atoms with Crippen LogP contribution in [0, 0.1) is 0 Å². The molecule has 0 radical (unpaired) electrons. The van der Waals surface area contributed by atoms with Crippen molar-refractivity contribution in [2.45, 2.75) is 19.4 Å². The molecule has 0 aliphatic carbocycles. The normalized spacial score (nSPS) is 11.5. The number of hydrogen-bond acceptors (Lipinski definition) is 3. The first kappa shape index (κ1) is 17.7. The number of carbonyl (C=O) groups is 1. The maximum absolute atomic E-state index is 12.5. The van der Waals surface area contributed by atoms with E-state index >= 15 is 0 Å². The summed E-state index contributed by atoms with van der Waals surface area (Å²) in [6.45, 7) is 2.06. The van der Waals surface area contributed by atoms with Crippen molar-refractivity contribution in [3.63, 3.8) is 0 Å². The molecule has 1 N–H and O–H groups in total. The number of methoxy groups -OCH3 is 2. The van der Waals surface area contributed by atoms with Crippen LogP contribution < -0.4 is 14.8 Å². The second-order valence-corrected chi connectivity index (χ2v) is 5.47. The number of benzene rings is 2. The van der Waals surface area contributed by atoms with Gasteiger partial charge in [0.2, 0.25) is 0 Å². The van der Waals surface area contributed by atoms with Gasteiger partial charge < -0.3 is 19.7 Å². The van der Waals surface area contributed by atoms with Crippen LogP contribution in [0.1, 0.15) is 24.9 Å². The first-order valence-corrected chi connectivity index (χ1v) is 7.90. The highest BCUT2D eigenvalue weighted by molar-refractivity contribution is 5.89. The first-order valence-electron chi connectivity index (χ1n) is 7.90. The molecule has 0 fully saturated rings. The summed E-state index contributed by atoms with van der Waals surface area (Å²) in [5.74, 6) is 1.54. The van der Waals surface area contributed by atoms with E-state index in [1.807, 2.05) is 48.5 Å². The molecule has 5 nitrogen and oxygen atoms in total. The van der Waals surface area contributed by atoms with Crippen LogP contribution in [0.2, 0.25) is 0 Å². The van der Waals surface area contributed by atoms with Gasteiger partial charge >= 0.3 is 6.03 Å². The standard InChI is InChI=1S/C19H24N2O3/c1-5-18(14-7-6-8-17(13-14)24-4)21(2)19(22)20-15-9-11-16(23-3)12-10-15/h6-13,18H,5H2,1-4H3,(H,20,22). The molecule has 24 heavy (non-hydrogen) atoms. The van der Waals surface area contributed by atoms with Crippen LogP contribution in [0.15, 0.2) is 48.5 Å². The zero-order chi connectivity index (χ0) is 17.5. The molecule has 0 bridgehead atoms. The molecule has 0 aromatic heterocycles. The number of carbonyl (C=O) groups excluding carboxylic acids is 1. The lowest BCUT2D eigenvalue weighted by Crippen LogP contribution is -2.34. The van der Waals surface area contributed by atoms with Gasteiger partial charge in [-0.25, -0.2) is 4.79 Å². The van der Waals surface area contributed by atoms with Crippen LogP contribution in [0.4, 0.5) is 10.5 Å². The van der Waals surface area contributed by atoms with Crippen LogP contribution in [0.25, 0.3) is 0 Å². The van der Waals surface area contributed by atoms with Crippen LogP contribution in [0.5, 0.6) is 11.5 Å². The predicted octanol–water partition coefficient (Wildman–Crippen LogP) is 4.32. The van der Waals surface area contributed by atoms with Gasteiger partial charge in [-0.15, -0.1) is 0 Å². The molecule has 1 unspecified atom stereocenters. The first-order chi connectivity index (χ1) is 11.6. The molecule has 0 aliphatic heterocycles. The number of nitrogens with one attached hydrogen (secondary N) is 1. The number of nitrogens with zero attached hydrogens (tertiary/aromatic N) is 1. The van der Waals surface area contributed by atoms with Crippen molar-refractivity contribution in [3.05, 3.63) is 54.1 Å². The molecular formula is C19H24N2O3. The minimum atomic E-state index is -0.158. The smallest absolute Gasteiger partial charge is 0.322 e. The number of urea groups is 1. The Labute approximate surface area is 143 Å². The van der Waals surface area contributed by atoms with Gasteiger partial charge in [0, 0.05) is 12.7 Å². The molecule has 2 amide bonds. The van der Waals surface area contributed by atoms with E-state index < -0.39 is 0 Å². The van der Waals surface area contributed by atoms with Gasteiger partial charge in [-0.3, -0.25) is 0 Å². The van der Waals surface area contributed by atoms with Crippen molar-refractivity contribution < 1.29 is 14.3 Å². The molecule has 2 aromatic carbocycles. The molecule has 0 saturated heterocycles. The van der Waals surface area contributed by atoms with Gasteiger partial charge in [0.15, 0.2) is 0 Å². The highest BCUT2D eigenvalue weighted by atomic mass is 16.5. The number of anilines is 1. The Morgan fingerprint density at radius 1 is 1.08 bits per heavy atom. The Balaban J connectivity index is 2.11. The summed E-state index contributed by atoms with van der Waals surface area (Å²) < 4.78 is 10.4. The molecule has 0 saturated carbocycles. The van der Waals surface area contributed by atoms with Gasteiger partial charge in [-0.05, 0) is 48.4 Å². The van der Waals surface area contributed by atoms with E-state index in [1.54, 1.807) is 26.2 Å². The van der Waals surface area contributed by atoms with Crippen LogP contribution >= 0.6 is 0 Å². The van der Waals surface area contributed by atoms with E-state index in [4.69, 9.17) is 9.47 Å². The van der Waals surface area contributed by atoms with E-state index in [0.29, 0.717) is 0 Å². The summed E-state index contributed by atoms with van der Waals surface area (Å²) >= 11 is 0. The Morgan fingerprint density at radius 3 is 2.33 bits per heavy atom. The van der Waals surface area contributed by atoms with Crippen LogP contribution in [-0.4, -0.2) is 32.2 Å². The number of ether oxygens (including phenoxy) is 2. The lowest BCUT2D eigenvalue weighted by molar-refractivity contribution is 0.202. The van der Waals surface area contributed by atoms with Crippen molar-refractivity contribution in [1.82, 2.24) is 4.90 Å². The van der Waals surface area contributed by atoms with E-state index in [0.717, 1.165) is 29.2 Å². The van der Waals surface area contributed by atoms with Crippen molar-refractivity contribution >= 4 is 11.7 Å². The quantitative estimate of drug-likeness (QED) is 0.859. The van der Waals surface area contributed by atoms with Crippen molar-refractivity contribution in [3.8, 4) is 11.5 Å². The van der Waals surface area contributed by atoms with Crippen molar-refractivity contribution in [2.24, 2.45) is 0 Å². The summed E-state index contributed by atoms with van der Waals surface area (Å²) in [5, 5.41) is 2.91. The summed E-state index contributed by atoms with van der Waals surface area (Å²) in [5.41, 5.74) is 1.78. The zero-order valence-electron chi connectivity index (χ0n) is 14.6. The van der Waals surface area contributed by atoms with Gasteiger partial charge in [0.25, 0.3) is 0 Å². The van der Waals surface area contributed by atoms with Gasteiger partial charge in [-0.1, -0.05) is 19.1 Å². The number of amides is 2. The lowest BCUT2D eigenvalue weighted by atomic mass is 10.0. The number of rotatable bonds is 6. The second kappa shape index (κ2) is 8.24. The fourth-order valence-corrected chi connectivity index (χ4v) is 2.61. The molecule has 0 heterocycles. The topological polar surface area (TPSA) is 50.8 Å². The molecule has 2 aromatic rings. The third-order valence-electron chi connectivity index (χ3n) is 3.99. The fourth-order valence-electron chi connectivity index (χ4n) is 2.61. The lowest BCUT2D eigenvalue weighted by Gasteiger charge is -2.28. The summed E-state index contributed by atoms with van der Waals surface area (Å²) in [6.07, 6.45) is 0.805. The largest absolute Gasteiger partial charge is 0.497 e. The van der Waals surface area contributed by atoms with E-state index in [1.165, 1.54) is 0 Å². The minimum absolute atomic E-state index is 0.0293. The summed E-state index contributed by atoms with van der Waals surface area (Å²) in [4.78, 5) is 14.3. The third kappa shape index (κ3) is 4.19. The van der Waals surface area contributed by atoms with E-state index in [9.17, 15) is 4.79 Å². The van der Waals surface area contributed by atoms with Crippen LogP contribution in [0.3, 0.4) is 0 Å². The number of hydrogen-bond donors (Lipinski definition) is 1. The monoisotopic (exact) mass is 328 g/mol. The molecule has 5 heteroatoms. The Morgan fingerprint density at radius 2 is 1.75 bits per heavy atom. The van der Waals surface area contributed by atoms with Crippen molar-refractivity contribution in [2.75, 3.05) is 26.6 Å². The fraction of sp³-hybridized carbons (Fsp3) is 0.316. The molecule has 2 rings (SSSR count). The second-order valence-electron chi connectivity index (χ2n) is 5.47. The highest BCUT2D eigenvalue weighted by Crippen LogP contribution is 2.27. The highest BCUT2D eigenvalue weighted by Gasteiger charge is 2.20. The van der Waals surface area contributed by atoms with Gasteiger partial charge in [0.05, 0.1) is 20.3 Å². The summed E-state index contributed by atoms with van der Waals surface area (Å²) in [6, 6.07) is 14.9. The predicted molar refractivity (Wildman–Crippen MR) is 95.8 cm³/mol. The molecule has 0 spiro atoms. The Kier molecular flexibility index (Phi) is 6.07. The van der Waals surface area contributed by atoms with Crippen LogP contribution in [-0.2, 0) is 0 Å². The average Bonchev–Trinajstić information content (AvgIpc) is 2.63. The zero-order valence-corrected chi connectivity index (χ0v) is 14.6. The maximum atomic E-state index is 12.5. The SMILES string of the molecule is CCC(c1cccc(OC)c1)N(C)C(=O)Nc1ccc(OC)cc1. The minimum Gasteiger partial charge on any atom is -0.497 e. The van der Waals surface area contributed by atoms with Gasteiger partial charge in [0.1, 0.15) is 11.5 Å². The molecule has 128 valence electrons. The van der Waals surface area contributed by atoms with Gasteiger partial charge in [-0.2, -0.15) is 0 Å². The maximum Gasteiger partial charge on any atom is 0.322 e. The third-order valence-corrected chi connectivity index (χ3v) is 3.99. The van der Waals surface area contributed by atoms with E-state index in [2.05, 4.69) is 12.2 Å². The molecular weight excluding hydrogens is 304 g/mol. The van der Waals surface area contributed by atoms with E-state index in [-0.39, 0.29) is 12.1 Å². The summed E-state index contributed by atoms with van der Waals surface area (Å²) in [7, 11) is 5.05.